The van der Waals surface area contributed by atoms with Crippen LogP contribution in [-0.4, -0.2) is 5.71 Å². The van der Waals surface area contributed by atoms with E-state index in [9.17, 15) is 0 Å². The number of hydrogen-bond donors (Lipinski definition) is 1. The third-order valence-electron chi connectivity index (χ3n) is 3.82. The molecule has 0 atom stereocenters. The average molecular weight is 288 g/mol. The van der Waals surface area contributed by atoms with Crippen LogP contribution in [0, 0.1) is 12.8 Å². The lowest BCUT2D eigenvalue weighted by molar-refractivity contribution is 0.873. The Hall–Kier alpha value is -2.61. The Kier molecular flexibility index (Phi) is 4.50. The molecule has 22 heavy (non-hydrogen) atoms. The number of para-hydroxylation sites is 1. The van der Waals surface area contributed by atoms with Crippen LogP contribution >= 0.6 is 0 Å². The maximum atomic E-state index is 4.69. The van der Waals surface area contributed by atoms with E-state index in [1.807, 2.05) is 18.2 Å². The molecule has 1 N–H and O–H groups in total. The van der Waals surface area contributed by atoms with Crippen molar-refractivity contribution in [2.75, 3.05) is 5.43 Å². The van der Waals surface area contributed by atoms with Gasteiger partial charge in [0, 0.05) is 12.3 Å². The fourth-order valence-electron chi connectivity index (χ4n) is 2.52. The molecule has 0 fully saturated rings. The van der Waals surface area contributed by atoms with Crippen LogP contribution in [0.3, 0.4) is 0 Å². The van der Waals surface area contributed by atoms with Gasteiger partial charge in [-0.2, -0.15) is 5.10 Å². The number of nitrogens with one attached hydrogen (secondary N) is 1. The van der Waals surface area contributed by atoms with Crippen molar-refractivity contribution in [1.82, 2.24) is 0 Å². The van der Waals surface area contributed by atoms with E-state index in [0.29, 0.717) is 5.92 Å². The second kappa shape index (κ2) is 6.90. The van der Waals surface area contributed by atoms with Crippen molar-refractivity contribution in [3.63, 3.8) is 0 Å². The summed E-state index contributed by atoms with van der Waals surface area (Å²) in [5.41, 5.74) is 7.71. The Morgan fingerprint density at radius 3 is 2.36 bits per heavy atom. The molecule has 1 aliphatic carbocycles. The first-order valence-corrected chi connectivity index (χ1v) is 7.61. The van der Waals surface area contributed by atoms with Crippen LogP contribution in [0.5, 0.6) is 0 Å². The van der Waals surface area contributed by atoms with Gasteiger partial charge in [-0.15, -0.1) is 0 Å². The minimum Gasteiger partial charge on any atom is -0.278 e. The molecule has 0 spiro atoms. The average Bonchev–Trinajstić information content (AvgIpc) is 3.07. The summed E-state index contributed by atoms with van der Waals surface area (Å²) in [6.07, 6.45) is 9.53. The molecule has 2 aromatic rings. The molecule has 0 heterocycles. The molecule has 0 aromatic heterocycles. The summed E-state index contributed by atoms with van der Waals surface area (Å²) < 4.78 is 0. The van der Waals surface area contributed by atoms with E-state index >= 15 is 0 Å². The van der Waals surface area contributed by atoms with Crippen molar-refractivity contribution in [3.05, 3.63) is 90.0 Å². The van der Waals surface area contributed by atoms with Crippen LogP contribution in [0.15, 0.2) is 84.0 Å². The van der Waals surface area contributed by atoms with E-state index in [1.165, 1.54) is 5.56 Å². The molecule has 0 unspecified atom stereocenters. The zero-order chi connectivity index (χ0) is 15.2. The Morgan fingerprint density at radius 2 is 1.64 bits per heavy atom. The summed E-state index contributed by atoms with van der Waals surface area (Å²) in [6.45, 7) is 2.09. The third kappa shape index (κ3) is 3.53. The van der Waals surface area contributed by atoms with Gasteiger partial charge in [0.15, 0.2) is 0 Å². The topological polar surface area (TPSA) is 24.4 Å². The smallest absolute Gasteiger partial charge is 0.0688 e. The zero-order valence-corrected chi connectivity index (χ0v) is 12.7. The van der Waals surface area contributed by atoms with Crippen LogP contribution in [0.2, 0.25) is 0 Å². The van der Waals surface area contributed by atoms with Crippen LogP contribution in [-0.2, 0) is 0 Å². The first-order valence-electron chi connectivity index (χ1n) is 7.61. The van der Waals surface area contributed by atoms with Crippen molar-refractivity contribution in [1.29, 1.82) is 0 Å². The summed E-state index contributed by atoms with van der Waals surface area (Å²) in [4.78, 5) is 0. The van der Waals surface area contributed by atoms with Gasteiger partial charge in [-0.05, 0) is 24.1 Å². The van der Waals surface area contributed by atoms with Crippen LogP contribution in [0.1, 0.15) is 17.5 Å². The molecule has 1 aliphatic rings. The lowest BCUT2D eigenvalue weighted by Gasteiger charge is -2.11. The van der Waals surface area contributed by atoms with E-state index in [-0.39, 0.29) is 0 Å². The number of nitrogens with zero attached hydrogens (tertiary/aromatic N) is 1. The quantitative estimate of drug-likeness (QED) is 0.611. The fourth-order valence-corrected chi connectivity index (χ4v) is 2.52. The number of anilines is 1. The number of allylic oxidation sites excluding steroid dienone is 4. The zero-order valence-electron chi connectivity index (χ0n) is 12.7. The highest BCUT2D eigenvalue weighted by atomic mass is 15.3. The van der Waals surface area contributed by atoms with Crippen molar-refractivity contribution in [2.24, 2.45) is 11.0 Å². The molecule has 0 radical (unpaired) electrons. The Morgan fingerprint density at radius 1 is 0.955 bits per heavy atom. The van der Waals surface area contributed by atoms with Gasteiger partial charge in [0.1, 0.15) is 0 Å². The number of aryl methyl sites for hydroxylation is 1. The summed E-state index contributed by atoms with van der Waals surface area (Å²) in [7, 11) is 0. The number of hydrogen-bond acceptors (Lipinski definition) is 2. The van der Waals surface area contributed by atoms with Gasteiger partial charge in [0.05, 0.1) is 11.4 Å². The highest BCUT2D eigenvalue weighted by Crippen LogP contribution is 2.19. The maximum absolute atomic E-state index is 4.69. The molecule has 110 valence electrons. The van der Waals surface area contributed by atoms with Gasteiger partial charge in [-0.1, -0.05) is 72.8 Å². The largest absolute Gasteiger partial charge is 0.278 e. The van der Waals surface area contributed by atoms with Crippen LogP contribution < -0.4 is 5.43 Å². The highest BCUT2D eigenvalue weighted by molar-refractivity contribution is 6.01. The molecular weight excluding hydrogens is 268 g/mol. The van der Waals surface area contributed by atoms with E-state index < -0.39 is 0 Å². The molecule has 0 saturated heterocycles. The monoisotopic (exact) mass is 288 g/mol. The van der Waals surface area contributed by atoms with Crippen molar-refractivity contribution in [2.45, 2.75) is 13.3 Å². The van der Waals surface area contributed by atoms with Gasteiger partial charge in [0.25, 0.3) is 0 Å². The van der Waals surface area contributed by atoms with Crippen molar-refractivity contribution < 1.29 is 0 Å². The maximum Gasteiger partial charge on any atom is 0.0688 e. The molecule has 0 bridgehead atoms. The SMILES string of the molecule is Cc1ccccc1NN=C(CC1C=CC=C1)c1ccccc1. The van der Waals surface area contributed by atoms with Gasteiger partial charge in [-0.25, -0.2) is 0 Å². The number of hydrazone groups is 1. The minimum atomic E-state index is 0.428. The molecule has 2 heteroatoms. The second-order valence-corrected chi connectivity index (χ2v) is 5.49. The Bertz CT molecular complexity index is 699. The second-order valence-electron chi connectivity index (χ2n) is 5.49. The Balaban J connectivity index is 1.84. The standard InChI is InChI=1S/C20H20N2/c1-16-9-5-8-14-19(16)21-22-20(15-17-10-6-7-11-17)18-12-3-2-4-13-18/h2-14,17,21H,15H2,1H3. The first kappa shape index (κ1) is 14.3. The summed E-state index contributed by atoms with van der Waals surface area (Å²) >= 11 is 0. The van der Waals surface area contributed by atoms with Gasteiger partial charge >= 0.3 is 0 Å². The van der Waals surface area contributed by atoms with Crippen LogP contribution in [0.25, 0.3) is 0 Å². The van der Waals surface area contributed by atoms with Gasteiger partial charge in [-0.3, -0.25) is 5.43 Å². The molecule has 0 saturated carbocycles. The molecule has 2 nitrogen and oxygen atoms in total. The van der Waals surface area contributed by atoms with E-state index in [0.717, 1.165) is 23.4 Å². The summed E-state index contributed by atoms with van der Waals surface area (Å²) in [6, 6.07) is 18.6. The predicted octanol–water partition coefficient (Wildman–Crippen LogP) is 4.94. The summed E-state index contributed by atoms with van der Waals surface area (Å²) in [5, 5.41) is 4.69. The number of rotatable bonds is 5. The van der Waals surface area contributed by atoms with E-state index in [2.05, 4.69) is 78.2 Å². The molecule has 0 amide bonds. The van der Waals surface area contributed by atoms with Crippen LogP contribution in [0.4, 0.5) is 5.69 Å². The van der Waals surface area contributed by atoms with Crippen molar-refractivity contribution >= 4 is 11.4 Å². The summed E-state index contributed by atoms with van der Waals surface area (Å²) in [5.74, 6) is 0.428. The normalized spacial score (nSPS) is 14.5. The highest BCUT2D eigenvalue weighted by Gasteiger charge is 2.11. The Labute approximate surface area is 131 Å². The molecule has 0 aliphatic heterocycles. The third-order valence-corrected chi connectivity index (χ3v) is 3.82. The van der Waals surface area contributed by atoms with E-state index in [4.69, 9.17) is 0 Å². The number of benzene rings is 2. The predicted molar refractivity (Wildman–Crippen MR) is 94.2 cm³/mol. The first-order chi connectivity index (χ1) is 10.8. The van der Waals surface area contributed by atoms with Crippen molar-refractivity contribution in [3.8, 4) is 0 Å². The van der Waals surface area contributed by atoms with Gasteiger partial charge < -0.3 is 0 Å². The van der Waals surface area contributed by atoms with E-state index in [1.54, 1.807) is 0 Å². The van der Waals surface area contributed by atoms with Gasteiger partial charge in [0.2, 0.25) is 0 Å². The lowest BCUT2D eigenvalue weighted by atomic mass is 9.99. The lowest BCUT2D eigenvalue weighted by Crippen LogP contribution is -2.09. The molecular formula is C20H20N2. The fraction of sp³-hybridized carbons (Fsp3) is 0.150. The molecule has 3 rings (SSSR count). The molecule has 2 aromatic carbocycles. The minimum absolute atomic E-state index is 0.428.